The number of nitrogens with one attached hydrogen (secondary N) is 9. The minimum Gasteiger partial charge on any atom is -0.462 e. The molecule has 148 heavy (non-hydrogen) atoms. The van der Waals surface area contributed by atoms with Gasteiger partial charge in [-0.3, -0.25) is 62.5 Å². The molecule has 50 nitrogen and oxygen atoms in total. The average molecular weight is 2190 g/mol. The predicted molar refractivity (Wildman–Crippen MR) is 538 cm³/mol. The van der Waals surface area contributed by atoms with Gasteiger partial charge in [0.05, 0.1) is 98.9 Å². The number of anilines is 10. The van der Waals surface area contributed by atoms with Gasteiger partial charge in [-0.25, -0.2) is 51.4 Å². The minimum absolute atomic E-state index is 0.0111. The Kier molecular flexibility index (Phi) is 37.4. The Bertz CT molecular complexity index is 6160. The molecule has 0 radical (unpaired) electrons. The second-order valence-corrected chi connectivity index (χ2v) is 39.3. The van der Waals surface area contributed by atoms with E-state index >= 15 is 13.2 Å². The van der Waals surface area contributed by atoms with Crippen molar-refractivity contribution >= 4 is 192 Å². The van der Waals surface area contributed by atoms with Gasteiger partial charge in [0, 0.05) is 64.8 Å². The summed E-state index contributed by atoms with van der Waals surface area (Å²) in [6.07, 6.45) is -11.9. The highest BCUT2D eigenvalue weighted by Gasteiger charge is 2.61. The monoisotopic (exact) mass is 2180 g/mol. The number of imidazole rings is 5. The first-order valence-electron chi connectivity index (χ1n) is 46.9. The van der Waals surface area contributed by atoms with Gasteiger partial charge in [-0.1, -0.05) is 87.4 Å². The molecule has 16 rings (SSSR count). The largest absolute Gasteiger partial charge is 0.462 e. The third-order valence-electron chi connectivity index (χ3n) is 25.7. The van der Waals surface area contributed by atoms with Crippen LogP contribution in [-0.4, -0.2) is 326 Å². The van der Waals surface area contributed by atoms with E-state index in [0.717, 1.165) is 0 Å². The number of benzene rings is 1. The summed E-state index contributed by atoms with van der Waals surface area (Å²) in [6, 6.07) is 6.93. The number of hydrogen-bond acceptors (Lipinski definition) is 41. The third-order valence-corrected chi connectivity index (χ3v) is 29.1. The topological polar surface area (TPSA) is 659 Å². The van der Waals surface area contributed by atoms with E-state index in [2.05, 4.69) is 122 Å². The molecule has 1 aromatic carbocycles. The summed E-state index contributed by atoms with van der Waals surface area (Å²) in [5.74, 6) is -1.82. The van der Waals surface area contributed by atoms with Crippen molar-refractivity contribution < 1.29 is 114 Å². The van der Waals surface area contributed by atoms with Crippen molar-refractivity contribution in [1.29, 1.82) is 0 Å². The number of ether oxygens (including phenoxy) is 6. The number of alkyl halides is 9. The molecule has 0 spiro atoms. The van der Waals surface area contributed by atoms with Crippen molar-refractivity contribution in [2.75, 3.05) is 139 Å². The zero-order chi connectivity index (χ0) is 109. The Hall–Kier alpha value is -11.2. The smallest absolute Gasteiger partial charge is 0.459 e. The number of amides is 3. The lowest BCUT2D eigenvalue weighted by Gasteiger charge is -2.31. The van der Waals surface area contributed by atoms with Crippen LogP contribution in [0.5, 0.6) is 5.75 Å². The number of rotatable bonds is 34. The van der Waals surface area contributed by atoms with Crippen LogP contribution >= 0.6 is 54.2 Å². The van der Waals surface area contributed by atoms with Crippen LogP contribution < -0.4 is 63.6 Å². The maximum atomic E-state index is 15.6. The minimum atomic E-state index is -4.37. The van der Waals surface area contributed by atoms with Crippen LogP contribution in [0.4, 0.5) is 80.8 Å². The normalized spacial score (nSPS) is 27.3. The number of halogens is 9. The molecule has 22 atom stereocenters. The van der Waals surface area contributed by atoms with Gasteiger partial charge < -0.3 is 102 Å². The number of carbonyl (C=O) groups excluding carboxylic acids is 4. The molecule has 5 aliphatic heterocycles. The highest BCUT2D eigenvalue weighted by molar-refractivity contribution is 7.52. The van der Waals surface area contributed by atoms with Crippen molar-refractivity contribution in [2.45, 2.75) is 223 Å². The second kappa shape index (κ2) is 48.0. The first-order chi connectivity index (χ1) is 70.2. The number of aliphatic hydroxyl groups is 6. The van der Waals surface area contributed by atoms with Crippen molar-refractivity contribution in [1.82, 2.24) is 103 Å². The molecule has 5 fully saturated rings. The third kappa shape index (κ3) is 23.1. The van der Waals surface area contributed by atoms with Crippen LogP contribution in [0.25, 0.3) is 55.8 Å². The molecule has 5 saturated heterocycles. The summed E-state index contributed by atoms with van der Waals surface area (Å²) >= 11 is 23.9. The average Bonchev–Trinajstić information content (AvgIpc) is 1.60. The molecule has 10 aromatic heterocycles. The number of carbonyl (C=O) groups is 4. The van der Waals surface area contributed by atoms with Crippen LogP contribution in [0.1, 0.15) is 134 Å². The van der Waals surface area contributed by atoms with Crippen molar-refractivity contribution in [3.05, 3.63) is 62.0 Å². The summed E-state index contributed by atoms with van der Waals surface area (Å²) in [4.78, 5) is 112. The molecular weight excluding hydrogens is 2060 g/mol. The van der Waals surface area contributed by atoms with Gasteiger partial charge in [0.25, 0.3) is 0 Å². The summed E-state index contributed by atoms with van der Waals surface area (Å²) in [6.45, 7) is 20.3. The highest BCUT2D eigenvalue weighted by Crippen LogP contribution is 2.53. The number of nitrogens with two attached hydrogens (primary N) is 2. The van der Waals surface area contributed by atoms with Gasteiger partial charge in [0.2, 0.25) is 47.5 Å². The molecule has 0 bridgehead atoms. The lowest BCUT2D eigenvalue weighted by molar-refractivity contribution is -0.149. The Morgan fingerprint density at radius 2 is 0.716 bits per heavy atom. The number of hydrogen-bond donors (Lipinski definition) is 17. The maximum absolute atomic E-state index is 15.6. The van der Waals surface area contributed by atoms with Crippen molar-refractivity contribution in [2.24, 2.45) is 29.6 Å². The molecule has 19 N–H and O–H groups in total. The van der Waals surface area contributed by atoms with Crippen molar-refractivity contribution in [3.8, 4) is 5.75 Å². The molecular formula is C88H123Cl4F5N31O19P. The van der Waals surface area contributed by atoms with Gasteiger partial charge in [0.15, 0.2) is 147 Å². The summed E-state index contributed by atoms with van der Waals surface area (Å²) in [5, 5.41) is 84.9. The first kappa shape index (κ1) is 115. The molecule has 3 amide bonds. The van der Waals surface area contributed by atoms with Crippen LogP contribution in [0.3, 0.4) is 0 Å². The molecule has 5 aliphatic rings. The first-order valence-corrected chi connectivity index (χ1v) is 50.6. The van der Waals surface area contributed by atoms with Gasteiger partial charge in [-0.05, 0) is 45.7 Å². The highest BCUT2D eigenvalue weighted by atomic mass is 35.5. The fourth-order valence-electron chi connectivity index (χ4n) is 16.5. The van der Waals surface area contributed by atoms with E-state index in [1.165, 1.54) is 69.0 Å². The lowest BCUT2D eigenvalue weighted by Crippen LogP contribution is -2.48. The van der Waals surface area contributed by atoms with E-state index in [1.807, 2.05) is 13.8 Å². The molecule has 15 heterocycles. The van der Waals surface area contributed by atoms with Gasteiger partial charge in [-0.15, -0.1) is 46.4 Å². The molecule has 60 heteroatoms. The fourth-order valence-corrected chi connectivity index (χ4v) is 19.4. The maximum Gasteiger partial charge on any atom is 0.459 e. The Balaban J connectivity index is 0.000000166. The number of esters is 1. The van der Waals surface area contributed by atoms with Crippen LogP contribution in [0.2, 0.25) is 0 Å². The Labute approximate surface area is 864 Å². The standard InChI is InChI=1S/C24H32ClFN7O7P.C18H26ClFN6O2.C18H27FN6O3.C16H22ClFN6O4.C12H16ClFN6O3/c1-13(2)38-22(35)14(3)32-41(36,40-15-8-6-5-7-9-15)37-11-24(10-25)18(34)16(26)21(39-24)33-12-29-17-19(28-4)30-23(27)31-20(17)33;1-6-18(7-19)10(4)11(20)16(28-18)26-8-22-12-13(21-5)23-17(24-14(12)26)25-15(27)9(2)3;1-6-18(7-26)10(4)11(19)16(28-18)25-8-21-12-13(20-5)22-17(23-14(12)25)24-15(27)9(2)3;1-7(2)13(27)23-15-21-11(19-3)9-12(22-15)24(6-20-9)14-8(18)10(26)16(4-17,5-25)28-14;1-16-8-6-9(19-11(15)18-8)20(4-17-6)10-5(14)7(22)12(2-13,3-21)23-10/h5-9,12-14,16,18,21,34H,10-11H2,1-4H3,(H,32,36)(H3,27,28,30,31);8-11,16H,6-7H2,1-5H3,(H2,21,23,24,25,27);8-11,16,26H,6-7H2,1-5H3,(H2,20,22,23,24,27);6-8,10,14,25-26H,4-5H2,1-3H3,(H2,19,21,22,23,27);4-5,7,10,21-22H,2-3H2,1H3,(H3,15,16,18,19)/t14-,16+,18-,21+,24+,41?;2*10-,11+,16+,18-;8-,10+,14-,16-;5-,7+,10-,12-/m00011/s1. The summed E-state index contributed by atoms with van der Waals surface area (Å²) < 4.78 is 142. The number of fused-ring (bicyclic) bond motifs is 5. The lowest BCUT2D eigenvalue weighted by atomic mass is 9.86. The van der Waals surface area contributed by atoms with E-state index in [0.29, 0.717) is 80.8 Å². The molecule has 0 aliphatic carbocycles. The van der Waals surface area contributed by atoms with Gasteiger partial charge in [-0.2, -0.15) is 54.9 Å². The van der Waals surface area contributed by atoms with E-state index in [-0.39, 0.29) is 118 Å². The number of aromatic nitrogens is 20. The number of aliphatic hydroxyl groups excluding tert-OH is 6. The molecule has 11 aromatic rings. The second-order valence-electron chi connectivity index (χ2n) is 36.6. The van der Waals surface area contributed by atoms with E-state index in [4.69, 9.17) is 95.3 Å². The van der Waals surface area contributed by atoms with Gasteiger partial charge in [0.1, 0.15) is 46.9 Å². The predicted octanol–water partition coefficient (Wildman–Crippen LogP) is 8.56. The van der Waals surface area contributed by atoms with Gasteiger partial charge >= 0.3 is 13.7 Å². The zero-order valence-electron chi connectivity index (χ0n) is 83.8. The van der Waals surface area contributed by atoms with Crippen LogP contribution in [-0.2, 0) is 56.7 Å². The molecule has 812 valence electrons. The quantitative estimate of drug-likeness (QED) is 0.00776. The summed E-state index contributed by atoms with van der Waals surface area (Å²) in [7, 11) is 3.86. The van der Waals surface area contributed by atoms with E-state index < -0.39 is 166 Å². The number of nitrogen functional groups attached to an aromatic ring is 2. The van der Waals surface area contributed by atoms with Crippen LogP contribution in [0, 0.1) is 29.6 Å². The molecule has 1 unspecified atom stereocenters. The SMILES string of the molecule is CC[C@@]1(CCl)O[C@@H](n2cnc3c(NC)nc(NC(=O)C(C)C)nc32)[C@H](F)[C@@H]1C.CC[C@@]1(CO)O[C@@H](n2cnc3c(NC)nc(NC(=O)C(C)C)nc32)[C@H](F)[C@@H]1C.CNc1nc(N)nc2c1ncn2[C@@H]1O[C@@](CO)(CCl)[C@@H](O)[C@H]1F.CNc1nc(N)nc2c1ncn2[C@@H]1O[C@](CCl)(COP(=O)(N[C@@H](C)C(=O)OC(C)C)Oc2ccccc2)[C@@H](O)[C@H]1F.CNc1nc(NC(=O)C(C)C)nc2c1ncn2[C@@H]1O[C@@](CO)(CCl)[C@@H](O)[C@H]1F. The van der Waals surface area contributed by atoms with E-state index in [1.54, 1.807) is 127 Å². The van der Waals surface area contributed by atoms with Crippen LogP contribution in [0.15, 0.2) is 62.0 Å². The Morgan fingerprint density at radius 3 is 0.993 bits per heavy atom. The Morgan fingerprint density at radius 1 is 0.432 bits per heavy atom. The number of para-hydroxylation sites is 1. The van der Waals surface area contributed by atoms with Crippen molar-refractivity contribution in [3.63, 3.8) is 0 Å². The van der Waals surface area contributed by atoms with E-state index in [9.17, 15) is 63.2 Å². The molecule has 0 saturated carbocycles. The summed E-state index contributed by atoms with van der Waals surface area (Å²) in [5.41, 5.74) is 7.77. The fraction of sp³-hybridized carbons (Fsp3) is 0.602. The zero-order valence-corrected chi connectivity index (χ0v) is 87.7. The number of nitrogens with zero attached hydrogens (tertiary/aromatic N) is 20.